The van der Waals surface area contributed by atoms with Gasteiger partial charge in [0.1, 0.15) is 5.75 Å². The van der Waals surface area contributed by atoms with E-state index >= 15 is 0 Å². The van der Waals surface area contributed by atoms with Crippen LogP contribution in [0.2, 0.25) is 0 Å². The third kappa shape index (κ3) is 9.04. The molecule has 0 spiro atoms. The molecule has 2 N–H and O–H groups in total. The summed E-state index contributed by atoms with van der Waals surface area (Å²) in [5, 5.41) is 6.81. The second-order valence-electron chi connectivity index (χ2n) is 9.12. The van der Waals surface area contributed by atoms with Crippen molar-refractivity contribution in [2.45, 2.75) is 13.1 Å². The van der Waals surface area contributed by atoms with E-state index in [0.29, 0.717) is 23.5 Å². The number of hydrogen-bond donors (Lipinski definition) is 2. The van der Waals surface area contributed by atoms with Crippen LogP contribution in [-0.2, 0) is 27.9 Å². The van der Waals surface area contributed by atoms with Crippen molar-refractivity contribution in [1.82, 2.24) is 10.7 Å². The van der Waals surface area contributed by atoms with Gasteiger partial charge < -0.3 is 10.1 Å². The molecule has 4 aromatic carbocycles. The van der Waals surface area contributed by atoms with Crippen LogP contribution >= 0.6 is 0 Å². The first-order chi connectivity index (χ1) is 19.8. The van der Waals surface area contributed by atoms with Crippen molar-refractivity contribution in [3.8, 4) is 5.75 Å². The lowest BCUT2D eigenvalue weighted by molar-refractivity contribution is -0.123. The van der Waals surface area contributed by atoms with E-state index < -0.39 is 15.9 Å². The molecule has 0 fully saturated rings. The lowest BCUT2D eigenvalue weighted by atomic mass is 10.1. The molecule has 0 saturated carbocycles. The Morgan fingerprint density at radius 3 is 2.10 bits per heavy atom. The summed E-state index contributed by atoms with van der Waals surface area (Å²) in [5.74, 6) is -0.0979. The average molecular weight is 571 g/mol. The van der Waals surface area contributed by atoms with Crippen molar-refractivity contribution in [1.29, 1.82) is 0 Å². The summed E-state index contributed by atoms with van der Waals surface area (Å²) in [6, 6.07) is 32.0. The first kappa shape index (κ1) is 29.0. The largest absolute Gasteiger partial charge is 0.484 e. The van der Waals surface area contributed by atoms with Gasteiger partial charge in [-0.15, -0.1) is 0 Å². The first-order valence-corrected chi connectivity index (χ1v) is 14.6. The molecule has 0 aliphatic heterocycles. The topological polar surface area (TPSA) is 117 Å². The van der Waals surface area contributed by atoms with Crippen LogP contribution < -0.4 is 19.8 Å². The molecule has 0 atom stereocenters. The Labute approximate surface area is 239 Å². The molecule has 41 heavy (non-hydrogen) atoms. The van der Waals surface area contributed by atoms with Crippen LogP contribution in [0.5, 0.6) is 5.75 Å². The highest BCUT2D eigenvalue weighted by molar-refractivity contribution is 7.92. The monoisotopic (exact) mass is 570 g/mol. The highest BCUT2D eigenvalue weighted by Crippen LogP contribution is 2.20. The van der Waals surface area contributed by atoms with Crippen LogP contribution in [0, 0.1) is 0 Å². The number of nitrogens with one attached hydrogen (secondary N) is 2. The first-order valence-electron chi connectivity index (χ1n) is 12.8. The summed E-state index contributed by atoms with van der Waals surface area (Å²) in [5.41, 5.74) is 5.89. The minimum atomic E-state index is -3.49. The summed E-state index contributed by atoms with van der Waals surface area (Å²) < 4.78 is 31.5. The Kier molecular flexibility index (Phi) is 9.85. The molecule has 2 amide bonds. The van der Waals surface area contributed by atoms with E-state index in [4.69, 9.17) is 4.74 Å². The van der Waals surface area contributed by atoms with E-state index in [-0.39, 0.29) is 19.1 Å². The van der Waals surface area contributed by atoms with Crippen LogP contribution in [0.1, 0.15) is 27.0 Å². The van der Waals surface area contributed by atoms with Crippen molar-refractivity contribution in [2.75, 3.05) is 17.2 Å². The molecule has 0 bridgehead atoms. The molecule has 0 heterocycles. The number of carbonyl (C=O) groups excluding carboxylic acids is 2. The standard InChI is InChI=1S/C31H30N4O5S/c1-41(38,39)35(28-10-6-3-7-11-28)22-26-12-16-27(17-13-26)31(37)34-33-21-25-14-18-29(19-15-25)40-23-30(36)32-20-24-8-4-2-5-9-24/h2-19,21H,20,22-23H2,1H3,(H,32,36)(H,34,37)/b33-21-. The maximum absolute atomic E-state index is 12.5. The number of carbonyl (C=O) groups is 2. The van der Waals surface area contributed by atoms with E-state index in [1.54, 1.807) is 72.8 Å². The van der Waals surface area contributed by atoms with Gasteiger partial charge in [-0.2, -0.15) is 5.10 Å². The lowest BCUT2D eigenvalue weighted by Crippen LogP contribution is -2.29. The number of hydrazone groups is 1. The van der Waals surface area contributed by atoms with E-state index in [1.807, 2.05) is 36.4 Å². The van der Waals surface area contributed by atoms with Gasteiger partial charge in [-0.3, -0.25) is 13.9 Å². The Bertz CT molecular complexity index is 1580. The fraction of sp³-hybridized carbons (Fsp3) is 0.129. The molecule has 4 rings (SSSR count). The number of anilines is 1. The normalized spacial score (nSPS) is 11.1. The number of para-hydroxylation sites is 1. The molecular formula is C31H30N4O5S. The molecule has 210 valence electrons. The van der Waals surface area contributed by atoms with Gasteiger partial charge in [0.15, 0.2) is 6.61 Å². The number of benzene rings is 4. The van der Waals surface area contributed by atoms with Crippen LogP contribution in [0.25, 0.3) is 0 Å². The smallest absolute Gasteiger partial charge is 0.271 e. The van der Waals surface area contributed by atoms with E-state index in [9.17, 15) is 18.0 Å². The van der Waals surface area contributed by atoms with Gasteiger partial charge in [-0.25, -0.2) is 13.8 Å². The second-order valence-corrected chi connectivity index (χ2v) is 11.0. The van der Waals surface area contributed by atoms with E-state index in [1.165, 1.54) is 10.5 Å². The van der Waals surface area contributed by atoms with Crippen LogP contribution in [-0.4, -0.2) is 39.3 Å². The molecule has 0 aliphatic rings. The number of hydrogen-bond acceptors (Lipinski definition) is 6. The maximum Gasteiger partial charge on any atom is 0.271 e. The highest BCUT2D eigenvalue weighted by Gasteiger charge is 2.17. The summed E-state index contributed by atoms with van der Waals surface area (Å²) in [6.07, 6.45) is 2.65. The number of sulfonamides is 1. The van der Waals surface area contributed by atoms with Crippen LogP contribution in [0.3, 0.4) is 0 Å². The molecule has 0 aromatic heterocycles. The van der Waals surface area contributed by atoms with Gasteiger partial charge in [0.2, 0.25) is 10.0 Å². The number of amides is 2. The van der Waals surface area contributed by atoms with E-state index in [2.05, 4.69) is 15.8 Å². The minimum absolute atomic E-state index is 0.104. The molecule has 4 aromatic rings. The predicted octanol–water partition coefficient (Wildman–Crippen LogP) is 4.11. The van der Waals surface area contributed by atoms with Gasteiger partial charge in [-0.05, 0) is 65.2 Å². The summed E-state index contributed by atoms with van der Waals surface area (Å²) >= 11 is 0. The molecule has 0 saturated heterocycles. The lowest BCUT2D eigenvalue weighted by Gasteiger charge is -2.22. The number of rotatable bonds is 12. The van der Waals surface area contributed by atoms with Crippen LogP contribution in [0.15, 0.2) is 114 Å². The molecule has 0 radical (unpaired) electrons. The second kappa shape index (κ2) is 13.9. The van der Waals surface area contributed by atoms with Crippen molar-refractivity contribution in [2.24, 2.45) is 5.10 Å². The quantitative estimate of drug-likeness (QED) is 0.196. The van der Waals surface area contributed by atoms with Crippen LogP contribution in [0.4, 0.5) is 5.69 Å². The SMILES string of the molecule is CS(=O)(=O)N(Cc1ccc(C(=O)N/N=C\c2ccc(OCC(=O)NCc3ccccc3)cc2)cc1)c1ccccc1. The Morgan fingerprint density at radius 1 is 0.829 bits per heavy atom. The Balaban J connectivity index is 1.24. The zero-order chi connectivity index (χ0) is 29.1. The fourth-order valence-corrected chi connectivity index (χ4v) is 4.69. The molecule has 9 nitrogen and oxygen atoms in total. The van der Waals surface area contributed by atoms with Gasteiger partial charge in [0.25, 0.3) is 11.8 Å². The summed E-state index contributed by atoms with van der Waals surface area (Å²) in [6.45, 7) is 0.471. The predicted molar refractivity (Wildman–Crippen MR) is 159 cm³/mol. The van der Waals surface area contributed by atoms with Crippen molar-refractivity contribution < 1.29 is 22.7 Å². The fourth-order valence-electron chi connectivity index (χ4n) is 3.80. The minimum Gasteiger partial charge on any atom is -0.484 e. The number of nitrogens with zero attached hydrogens (tertiary/aromatic N) is 2. The van der Waals surface area contributed by atoms with Gasteiger partial charge >= 0.3 is 0 Å². The Hall–Kier alpha value is -4.96. The summed E-state index contributed by atoms with van der Waals surface area (Å²) in [7, 11) is -3.49. The average Bonchev–Trinajstić information content (AvgIpc) is 2.99. The third-order valence-electron chi connectivity index (χ3n) is 5.95. The zero-order valence-corrected chi connectivity index (χ0v) is 23.3. The van der Waals surface area contributed by atoms with Crippen molar-refractivity contribution in [3.05, 3.63) is 131 Å². The van der Waals surface area contributed by atoms with Gasteiger partial charge in [0, 0.05) is 12.1 Å². The summed E-state index contributed by atoms with van der Waals surface area (Å²) in [4.78, 5) is 24.5. The highest BCUT2D eigenvalue weighted by atomic mass is 32.2. The third-order valence-corrected chi connectivity index (χ3v) is 7.09. The molecular weight excluding hydrogens is 540 g/mol. The van der Waals surface area contributed by atoms with Crippen molar-refractivity contribution >= 4 is 33.7 Å². The van der Waals surface area contributed by atoms with E-state index in [0.717, 1.165) is 22.9 Å². The Morgan fingerprint density at radius 2 is 1.46 bits per heavy atom. The zero-order valence-electron chi connectivity index (χ0n) is 22.4. The molecule has 10 heteroatoms. The molecule has 0 unspecified atom stereocenters. The van der Waals surface area contributed by atoms with Gasteiger partial charge in [0.05, 0.1) is 24.7 Å². The van der Waals surface area contributed by atoms with Gasteiger partial charge in [-0.1, -0.05) is 60.7 Å². The number of ether oxygens (including phenoxy) is 1. The van der Waals surface area contributed by atoms with Crippen molar-refractivity contribution in [3.63, 3.8) is 0 Å². The molecule has 0 aliphatic carbocycles. The maximum atomic E-state index is 12.5.